The summed E-state index contributed by atoms with van der Waals surface area (Å²) < 4.78 is 0. The standard InChI is InChI=1S/C22H22N4O3/c1-14-13-25(21(28)16-6-4-3-5-7-16)10-11-26(14)22(29)20(27)18-12-24-19-15(2)23-9-8-17(18)19/h3-9,12,14,24H,10-11,13H2,1-2H3/t14-/m1/s1. The summed E-state index contributed by atoms with van der Waals surface area (Å²) >= 11 is 0. The molecule has 1 N–H and O–H groups in total. The number of carbonyl (C=O) groups is 3. The summed E-state index contributed by atoms with van der Waals surface area (Å²) in [7, 11) is 0. The minimum absolute atomic E-state index is 0.0597. The number of nitrogens with one attached hydrogen (secondary N) is 1. The first-order valence-electron chi connectivity index (χ1n) is 9.59. The van der Waals surface area contributed by atoms with Crippen LogP contribution in [-0.4, -0.2) is 63.0 Å². The van der Waals surface area contributed by atoms with E-state index in [4.69, 9.17) is 0 Å². The largest absolute Gasteiger partial charge is 0.359 e. The van der Waals surface area contributed by atoms with Crippen molar-refractivity contribution in [3.8, 4) is 0 Å². The number of aromatic amines is 1. The molecule has 0 saturated carbocycles. The number of nitrogens with zero attached hydrogens (tertiary/aromatic N) is 3. The number of rotatable bonds is 3. The number of fused-ring (bicyclic) bond motifs is 1. The molecule has 0 spiro atoms. The van der Waals surface area contributed by atoms with E-state index in [0.29, 0.717) is 36.1 Å². The van der Waals surface area contributed by atoms with Crippen LogP contribution >= 0.6 is 0 Å². The van der Waals surface area contributed by atoms with E-state index in [2.05, 4.69) is 9.97 Å². The van der Waals surface area contributed by atoms with E-state index in [1.165, 1.54) is 0 Å². The van der Waals surface area contributed by atoms with Crippen molar-refractivity contribution in [3.05, 3.63) is 65.6 Å². The van der Waals surface area contributed by atoms with Gasteiger partial charge in [0.1, 0.15) is 0 Å². The maximum atomic E-state index is 12.9. The van der Waals surface area contributed by atoms with Crippen molar-refractivity contribution in [1.82, 2.24) is 19.8 Å². The molecule has 0 radical (unpaired) electrons. The number of H-pyrrole nitrogens is 1. The molecule has 0 unspecified atom stereocenters. The fourth-order valence-electron chi connectivity index (χ4n) is 3.84. The monoisotopic (exact) mass is 390 g/mol. The minimum atomic E-state index is -0.545. The Hall–Kier alpha value is -3.48. The summed E-state index contributed by atoms with van der Waals surface area (Å²) in [5.41, 5.74) is 2.51. The van der Waals surface area contributed by atoms with Gasteiger partial charge in [-0.1, -0.05) is 18.2 Å². The van der Waals surface area contributed by atoms with Gasteiger partial charge in [-0.25, -0.2) is 0 Å². The maximum absolute atomic E-state index is 12.9. The number of aryl methyl sites for hydroxylation is 1. The summed E-state index contributed by atoms with van der Waals surface area (Å²) in [6.07, 6.45) is 3.20. The quantitative estimate of drug-likeness (QED) is 0.550. The average Bonchev–Trinajstić information content (AvgIpc) is 3.18. The van der Waals surface area contributed by atoms with Crippen molar-refractivity contribution >= 4 is 28.5 Å². The molecule has 1 aromatic carbocycles. The van der Waals surface area contributed by atoms with Gasteiger partial charge in [-0.2, -0.15) is 0 Å². The van der Waals surface area contributed by atoms with E-state index >= 15 is 0 Å². The Kier molecular flexibility index (Phi) is 4.88. The fourth-order valence-corrected chi connectivity index (χ4v) is 3.84. The molecule has 0 bridgehead atoms. The number of amides is 2. The van der Waals surface area contributed by atoms with Gasteiger partial charge < -0.3 is 14.8 Å². The normalized spacial score (nSPS) is 16.8. The third kappa shape index (κ3) is 3.40. The van der Waals surface area contributed by atoms with E-state index in [9.17, 15) is 14.4 Å². The first-order chi connectivity index (χ1) is 14.0. The molecular formula is C22H22N4O3. The van der Waals surface area contributed by atoms with E-state index in [0.717, 1.165) is 11.2 Å². The van der Waals surface area contributed by atoms with Crippen LogP contribution in [0.4, 0.5) is 0 Å². The third-order valence-electron chi connectivity index (χ3n) is 5.43. The van der Waals surface area contributed by atoms with Gasteiger partial charge >= 0.3 is 0 Å². The molecule has 1 aliphatic rings. The summed E-state index contributed by atoms with van der Waals surface area (Å²) in [6.45, 7) is 4.82. The topological polar surface area (TPSA) is 86.4 Å². The van der Waals surface area contributed by atoms with Crippen molar-refractivity contribution < 1.29 is 14.4 Å². The summed E-state index contributed by atoms with van der Waals surface area (Å²) in [5, 5.41) is 0.696. The number of ketones is 1. The Bertz CT molecular complexity index is 1090. The van der Waals surface area contributed by atoms with Gasteiger partial charge in [0.2, 0.25) is 0 Å². The van der Waals surface area contributed by atoms with Crippen LogP contribution in [-0.2, 0) is 4.79 Å². The number of Topliss-reactive ketones (excluding diaryl/α,β-unsaturated/α-hetero) is 1. The lowest BCUT2D eigenvalue weighted by molar-refractivity contribution is -0.130. The van der Waals surface area contributed by atoms with Crippen molar-refractivity contribution in [1.29, 1.82) is 0 Å². The van der Waals surface area contributed by atoms with Gasteiger partial charge in [0.05, 0.1) is 16.8 Å². The van der Waals surface area contributed by atoms with Crippen LogP contribution in [0.1, 0.15) is 33.3 Å². The lowest BCUT2D eigenvalue weighted by Gasteiger charge is -2.39. The fraction of sp³-hybridized carbons (Fsp3) is 0.273. The molecule has 1 atom stereocenters. The summed E-state index contributed by atoms with van der Waals surface area (Å²) in [4.78, 5) is 49.0. The number of pyridine rings is 1. The summed E-state index contributed by atoms with van der Waals surface area (Å²) in [6, 6.07) is 10.6. The predicted molar refractivity (Wildman–Crippen MR) is 109 cm³/mol. The van der Waals surface area contributed by atoms with Crippen molar-refractivity contribution in [3.63, 3.8) is 0 Å². The Labute approximate surface area is 168 Å². The number of benzene rings is 1. The van der Waals surface area contributed by atoms with Gasteiger partial charge in [0, 0.05) is 49.0 Å². The predicted octanol–water partition coefficient (Wildman–Crippen LogP) is 2.43. The number of hydrogen-bond acceptors (Lipinski definition) is 4. The number of hydrogen-bond donors (Lipinski definition) is 1. The maximum Gasteiger partial charge on any atom is 0.295 e. The van der Waals surface area contributed by atoms with Crippen LogP contribution in [0.15, 0.2) is 48.8 Å². The second-order valence-corrected chi connectivity index (χ2v) is 7.32. The van der Waals surface area contributed by atoms with Crippen molar-refractivity contribution in [2.45, 2.75) is 19.9 Å². The molecule has 29 heavy (non-hydrogen) atoms. The third-order valence-corrected chi connectivity index (χ3v) is 5.43. The molecule has 7 nitrogen and oxygen atoms in total. The number of aromatic nitrogens is 2. The van der Waals surface area contributed by atoms with Gasteiger partial charge in [0.15, 0.2) is 0 Å². The smallest absolute Gasteiger partial charge is 0.295 e. The van der Waals surface area contributed by atoms with Gasteiger partial charge in [-0.05, 0) is 32.0 Å². The summed E-state index contributed by atoms with van der Waals surface area (Å²) in [5.74, 6) is -1.15. The lowest BCUT2D eigenvalue weighted by atomic mass is 10.1. The van der Waals surface area contributed by atoms with Crippen molar-refractivity contribution in [2.75, 3.05) is 19.6 Å². The Morgan fingerprint density at radius 1 is 1.10 bits per heavy atom. The van der Waals surface area contributed by atoms with Crippen LogP contribution < -0.4 is 0 Å². The Morgan fingerprint density at radius 2 is 1.86 bits per heavy atom. The zero-order chi connectivity index (χ0) is 20.5. The van der Waals surface area contributed by atoms with E-state index in [1.807, 2.05) is 32.0 Å². The zero-order valence-corrected chi connectivity index (χ0v) is 16.4. The lowest BCUT2D eigenvalue weighted by Crippen LogP contribution is -2.56. The van der Waals surface area contributed by atoms with E-state index in [1.54, 1.807) is 40.4 Å². The second-order valence-electron chi connectivity index (χ2n) is 7.32. The molecule has 1 aliphatic heterocycles. The molecule has 1 fully saturated rings. The molecule has 148 valence electrons. The average molecular weight is 390 g/mol. The van der Waals surface area contributed by atoms with Crippen LogP contribution in [0.2, 0.25) is 0 Å². The minimum Gasteiger partial charge on any atom is -0.359 e. The first-order valence-corrected chi connectivity index (χ1v) is 9.59. The highest BCUT2D eigenvalue weighted by Gasteiger charge is 2.34. The molecular weight excluding hydrogens is 368 g/mol. The van der Waals surface area contributed by atoms with Crippen LogP contribution in [0, 0.1) is 6.92 Å². The van der Waals surface area contributed by atoms with E-state index < -0.39 is 11.7 Å². The van der Waals surface area contributed by atoms with Gasteiger partial charge in [-0.15, -0.1) is 0 Å². The molecule has 2 aromatic heterocycles. The second kappa shape index (κ2) is 7.50. The number of piperazine rings is 1. The van der Waals surface area contributed by atoms with Crippen LogP contribution in [0.5, 0.6) is 0 Å². The molecule has 0 aliphatic carbocycles. The highest BCUT2D eigenvalue weighted by atomic mass is 16.2. The highest BCUT2D eigenvalue weighted by molar-refractivity contribution is 6.45. The molecule has 3 heterocycles. The highest BCUT2D eigenvalue weighted by Crippen LogP contribution is 2.22. The molecule has 7 heteroatoms. The van der Waals surface area contributed by atoms with Gasteiger partial charge in [-0.3, -0.25) is 19.4 Å². The van der Waals surface area contributed by atoms with E-state index in [-0.39, 0.29) is 11.9 Å². The molecule has 1 saturated heterocycles. The molecule has 2 amide bonds. The molecule has 3 aromatic rings. The van der Waals surface area contributed by atoms with Crippen molar-refractivity contribution in [2.24, 2.45) is 0 Å². The van der Waals surface area contributed by atoms with Crippen LogP contribution in [0.25, 0.3) is 10.9 Å². The Balaban J connectivity index is 1.49. The number of carbonyl (C=O) groups excluding carboxylic acids is 3. The molecule has 4 rings (SSSR count). The van der Waals surface area contributed by atoms with Crippen LogP contribution in [0.3, 0.4) is 0 Å². The zero-order valence-electron chi connectivity index (χ0n) is 16.4. The first kappa shape index (κ1) is 18.9. The SMILES string of the molecule is Cc1nccc2c(C(=O)C(=O)N3CCN(C(=O)c4ccccc4)C[C@H]3C)c[nH]c12. The Morgan fingerprint density at radius 3 is 2.59 bits per heavy atom. The van der Waals surface area contributed by atoms with Gasteiger partial charge in [0.25, 0.3) is 17.6 Å².